The molecule has 2 nitrogen and oxygen atoms in total. The average Bonchev–Trinajstić information content (AvgIpc) is 2.19. The van der Waals surface area contributed by atoms with Gasteiger partial charge in [0.25, 0.3) is 0 Å². The van der Waals surface area contributed by atoms with Crippen LogP contribution in [0, 0.1) is 12.3 Å². The average molecular weight is 188 g/mol. The van der Waals surface area contributed by atoms with Crippen molar-refractivity contribution in [3.63, 3.8) is 0 Å². The fourth-order valence-corrected chi connectivity index (χ4v) is 1.19. The van der Waals surface area contributed by atoms with Crippen LogP contribution in [0.15, 0.2) is 24.3 Å². The first kappa shape index (κ1) is 10.3. The molecule has 1 rings (SSSR count). The first-order chi connectivity index (χ1) is 6.79. The lowest BCUT2D eigenvalue weighted by Crippen LogP contribution is -2.07. The molecule has 0 heterocycles. The van der Waals surface area contributed by atoms with Crippen LogP contribution >= 0.6 is 0 Å². The fraction of sp³-hybridized carbons (Fsp3) is 0.250. The maximum Gasteiger partial charge on any atom is 0.338 e. The molecule has 0 aromatic heterocycles. The topological polar surface area (TPSA) is 26.3 Å². The third kappa shape index (κ3) is 2.37. The van der Waals surface area contributed by atoms with E-state index in [0.717, 1.165) is 5.56 Å². The van der Waals surface area contributed by atoms with E-state index in [2.05, 4.69) is 5.92 Å². The highest BCUT2D eigenvalue weighted by molar-refractivity contribution is 5.91. The van der Waals surface area contributed by atoms with Crippen molar-refractivity contribution in [3.8, 4) is 12.3 Å². The number of hydrogen-bond acceptors (Lipinski definition) is 2. The number of rotatable bonds is 3. The fourth-order valence-electron chi connectivity index (χ4n) is 1.19. The summed E-state index contributed by atoms with van der Waals surface area (Å²) in [6.45, 7) is 2.16. The number of carbonyl (C=O) groups excluding carboxylic acids is 1. The summed E-state index contributed by atoms with van der Waals surface area (Å²) < 4.78 is 4.91. The van der Waals surface area contributed by atoms with Crippen LogP contribution in [-0.4, -0.2) is 12.6 Å². The molecule has 0 radical (unpaired) electrons. The van der Waals surface area contributed by atoms with Gasteiger partial charge in [-0.25, -0.2) is 4.79 Å². The van der Waals surface area contributed by atoms with Crippen LogP contribution in [0.25, 0.3) is 0 Å². The summed E-state index contributed by atoms with van der Waals surface area (Å²) in [5, 5.41) is 0. The van der Waals surface area contributed by atoms with Crippen molar-refractivity contribution < 1.29 is 9.53 Å². The molecule has 0 spiro atoms. The zero-order chi connectivity index (χ0) is 10.4. The smallest absolute Gasteiger partial charge is 0.338 e. The molecule has 72 valence electrons. The van der Waals surface area contributed by atoms with Crippen molar-refractivity contribution in [2.75, 3.05) is 6.61 Å². The molecule has 0 atom stereocenters. The van der Waals surface area contributed by atoms with E-state index in [9.17, 15) is 4.79 Å². The molecule has 0 aliphatic heterocycles. The van der Waals surface area contributed by atoms with E-state index in [4.69, 9.17) is 11.2 Å². The highest BCUT2D eigenvalue weighted by Gasteiger charge is 2.09. The first-order valence-electron chi connectivity index (χ1n) is 4.48. The Balaban J connectivity index is 2.95. The summed E-state index contributed by atoms with van der Waals surface area (Å²) >= 11 is 0. The van der Waals surface area contributed by atoms with Crippen LogP contribution < -0.4 is 0 Å². The SMILES string of the molecule is C#CCc1ccccc1C(=O)OCC. The molecule has 2 heteroatoms. The van der Waals surface area contributed by atoms with Gasteiger partial charge in [-0.1, -0.05) is 18.2 Å². The van der Waals surface area contributed by atoms with E-state index in [1.807, 2.05) is 12.1 Å². The molecule has 14 heavy (non-hydrogen) atoms. The van der Waals surface area contributed by atoms with Gasteiger partial charge in [0.15, 0.2) is 0 Å². The predicted molar refractivity (Wildman–Crippen MR) is 54.9 cm³/mol. The standard InChI is InChI=1S/C12H12O2/c1-3-7-10-8-5-6-9-11(10)12(13)14-4-2/h1,5-6,8-9H,4,7H2,2H3. The molecule has 1 aromatic carbocycles. The van der Waals surface area contributed by atoms with Gasteiger partial charge in [-0.3, -0.25) is 0 Å². The van der Waals surface area contributed by atoms with Crippen LogP contribution in [0.4, 0.5) is 0 Å². The van der Waals surface area contributed by atoms with E-state index in [1.54, 1.807) is 19.1 Å². The summed E-state index contributed by atoms with van der Waals surface area (Å²) in [6.07, 6.45) is 5.65. The summed E-state index contributed by atoms with van der Waals surface area (Å²) in [5.41, 5.74) is 1.40. The first-order valence-corrected chi connectivity index (χ1v) is 4.48. The number of benzene rings is 1. The lowest BCUT2D eigenvalue weighted by Gasteiger charge is -2.05. The van der Waals surface area contributed by atoms with Crippen LogP contribution in [0.2, 0.25) is 0 Å². The van der Waals surface area contributed by atoms with Gasteiger partial charge >= 0.3 is 5.97 Å². The molecule has 0 aliphatic rings. The zero-order valence-electron chi connectivity index (χ0n) is 8.12. The quantitative estimate of drug-likeness (QED) is 0.536. The largest absolute Gasteiger partial charge is 0.462 e. The number of ether oxygens (including phenoxy) is 1. The number of carbonyl (C=O) groups is 1. The molecular weight excluding hydrogens is 176 g/mol. The van der Waals surface area contributed by atoms with Crippen molar-refractivity contribution in [2.24, 2.45) is 0 Å². The monoisotopic (exact) mass is 188 g/mol. The predicted octanol–water partition coefficient (Wildman–Crippen LogP) is 2.04. The number of terminal acetylenes is 1. The van der Waals surface area contributed by atoms with E-state index in [-0.39, 0.29) is 5.97 Å². The Hall–Kier alpha value is -1.75. The van der Waals surface area contributed by atoms with E-state index in [1.165, 1.54) is 0 Å². The Morgan fingerprint density at radius 2 is 2.21 bits per heavy atom. The summed E-state index contributed by atoms with van der Waals surface area (Å²) in [5.74, 6) is 2.21. The lowest BCUT2D eigenvalue weighted by molar-refractivity contribution is 0.0525. The molecule has 0 saturated carbocycles. The Bertz CT molecular complexity index is 361. The second-order valence-corrected chi connectivity index (χ2v) is 2.76. The second-order valence-electron chi connectivity index (χ2n) is 2.76. The third-order valence-corrected chi connectivity index (χ3v) is 1.81. The maximum atomic E-state index is 11.4. The molecule has 0 unspecified atom stereocenters. The van der Waals surface area contributed by atoms with Gasteiger partial charge in [0, 0.05) is 6.42 Å². The number of esters is 1. The van der Waals surface area contributed by atoms with Gasteiger partial charge in [-0.2, -0.15) is 0 Å². The highest BCUT2D eigenvalue weighted by Crippen LogP contribution is 2.10. The van der Waals surface area contributed by atoms with Gasteiger partial charge in [0.2, 0.25) is 0 Å². The van der Waals surface area contributed by atoms with Gasteiger partial charge in [-0.05, 0) is 18.6 Å². The molecule has 0 amide bonds. The van der Waals surface area contributed by atoms with E-state index >= 15 is 0 Å². The van der Waals surface area contributed by atoms with Crippen molar-refractivity contribution >= 4 is 5.97 Å². The Kier molecular flexibility index (Phi) is 3.75. The zero-order valence-corrected chi connectivity index (χ0v) is 8.12. The summed E-state index contributed by atoms with van der Waals surface area (Å²) in [6, 6.07) is 7.22. The van der Waals surface area contributed by atoms with Crippen molar-refractivity contribution in [3.05, 3.63) is 35.4 Å². The van der Waals surface area contributed by atoms with Gasteiger partial charge in [0.05, 0.1) is 12.2 Å². The minimum Gasteiger partial charge on any atom is -0.462 e. The van der Waals surface area contributed by atoms with Crippen molar-refractivity contribution in [1.82, 2.24) is 0 Å². The molecule has 0 aliphatic carbocycles. The van der Waals surface area contributed by atoms with Crippen LogP contribution in [0.1, 0.15) is 22.8 Å². The molecule has 0 N–H and O–H groups in total. The molecular formula is C12H12O2. The lowest BCUT2D eigenvalue weighted by atomic mass is 10.1. The van der Waals surface area contributed by atoms with E-state index < -0.39 is 0 Å². The molecule has 0 bridgehead atoms. The Morgan fingerprint density at radius 3 is 2.86 bits per heavy atom. The summed E-state index contributed by atoms with van der Waals surface area (Å²) in [7, 11) is 0. The normalized spacial score (nSPS) is 9.14. The molecule has 0 fully saturated rings. The van der Waals surface area contributed by atoms with Gasteiger partial charge in [0.1, 0.15) is 0 Å². The third-order valence-electron chi connectivity index (χ3n) is 1.81. The van der Waals surface area contributed by atoms with Crippen LogP contribution in [-0.2, 0) is 11.2 Å². The highest BCUT2D eigenvalue weighted by atomic mass is 16.5. The second kappa shape index (κ2) is 5.08. The van der Waals surface area contributed by atoms with Crippen molar-refractivity contribution in [2.45, 2.75) is 13.3 Å². The van der Waals surface area contributed by atoms with Gasteiger partial charge < -0.3 is 4.74 Å². The minimum absolute atomic E-state index is 0.307. The Labute approximate surface area is 83.9 Å². The molecule has 1 aromatic rings. The van der Waals surface area contributed by atoms with Crippen LogP contribution in [0.5, 0.6) is 0 Å². The molecule has 0 saturated heterocycles. The van der Waals surface area contributed by atoms with Crippen LogP contribution in [0.3, 0.4) is 0 Å². The Morgan fingerprint density at radius 1 is 1.50 bits per heavy atom. The minimum atomic E-state index is -0.307. The summed E-state index contributed by atoms with van der Waals surface area (Å²) in [4.78, 5) is 11.4. The van der Waals surface area contributed by atoms with Crippen molar-refractivity contribution in [1.29, 1.82) is 0 Å². The van der Waals surface area contributed by atoms with Gasteiger partial charge in [-0.15, -0.1) is 12.3 Å². The maximum absolute atomic E-state index is 11.4. The van der Waals surface area contributed by atoms with E-state index in [0.29, 0.717) is 18.6 Å². The number of hydrogen-bond donors (Lipinski definition) is 0.